The largest absolute Gasteiger partial charge is 0.496 e. The Morgan fingerprint density at radius 2 is 1.79 bits per heavy atom. The first kappa shape index (κ1) is 27.7. The van der Waals surface area contributed by atoms with E-state index in [1.54, 1.807) is 7.11 Å². The standard InChI is InChI=1S/C37H38N2O4/c1-24-35(33(40)21-26-11-10-19-37(20-18-26)30-15-7-4-12-27(30)23-42-37)28-13-5-8-16-32(28)39(24)22-31-25(2)43-36(38-31)29-14-6-9-17-34(29)41-3/h4-9,12-17,26H,10-11,18-23H2,1-3H3. The normalized spacial score (nSPS) is 19.9. The van der Waals surface area contributed by atoms with Crippen LogP contribution in [0.25, 0.3) is 22.4 Å². The molecule has 0 N–H and O–H groups in total. The quantitative estimate of drug-likeness (QED) is 0.182. The third kappa shape index (κ3) is 4.88. The van der Waals surface area contributed by atoms with Gasteiger partial charge in [0.15, 0.2) is 5.78 Å². The van der Waals surface area contributed by atoms with Crippen LogP contribution >= 0.6 is 0 Å². The number of fused-ring (bicyclic) bond motifs is 3. The number of rotatable bonds is 7. The van der Waals surface area contributed by atoms with E-state index in [1.807, 2.05) is 43.3 Å². The summed E-state index contributed by atoms with van der Waals surface area (Å²) in [7, 11) is 1.65. The van der Waals surface area contributed by atoms with Gasteiger partial charge in [-0.1, -0.05) is 54.6 Å². The van der Waals surface area contributed by atoms with Gasteiger partial charge in [-0.15, -0.1) is 0 Å². The molecule has 220 valence electrons. The highest BCUT2D eigenvalue weighted by Crippen LogP contribution is 2.47. The molecule has 2 unspecified atom stereocenters. The molecular formula is C37H38N2O4. The van der Waals surface area contributed by atoms with Gasteiger partial charge >= 0.3 is 0 Å². The lowest BCUT2D eigenvalue weighted by Gasteiger charge is -2.28. The fraction of sp³-hybridized carbons (Fsp3) is 0.351. The van der Waals surface area contributed by atoms with Crippen molar-refractivity contribution >= 4 is 16.7 Å². The maximum atomic E-state index is 14.1. The molecule has 1 aliphatic heterocycles. The fourth-order valence-electron chi connectivity index (χ4n) is 7.40. The number of carbonyl (C=O) groups is 1. The van der Waals surface area contributed by atoms with Crippen molar-refractivity contribution in [2.24, 2.45) is 5.92 Å². The Morgan fingerprint density at radius 3 is 2.67 bits per heavy atom. The first-order valence-electron chi connectivity index (χ1n) is 15.4. The van der Waals surface area contributed by atoms with Crippen LogP contribution in [0.4, 0.5) is 0 Å². The number of benzene rings is 3. The summed E-state index contributed by atoms with van der Waals surface area (Å²) in [5.41, 5.74) is 7.01. The van der Waals surface area contributed by atoms with Crippen LogP contribution in [0, 0.1) is 19.8 Å². The Labute approximate surface area is 252 Å². The highest BCUT2D eigenvalue weighted by molar-refractivity contribution is 6.09. The average molecular weight is 575 g/mol. The molecule has 6 heteroatoms. The molecule has 0 amide bonds. The van der Waals surface area contributed by atoms with Crippen molar-refractivity contribution in [3.05, 3.63) is 107 Å². The molecule has 3 aromatic carbocycles. The van der Waals surface area contributed by atoms with Crippen LogP contribution in [0.2, 0.25) is 0 Å². The van der Waals surface area contributed by atoms with Crippen LogP contribution in [0.15, 0.2) is 77.2 Å². The van der Waals surface area contributed by atoms with Crippen LogP contribution in [0.5, 0.6) is 5.75 Å². The molecule has 2 aliphatic rings. The minimum atomic E-state index is -0.182. The summed E-state index contributed by atoms with van der Waals surface area (Å²) in [6.45, 7) is 5.23. The molecule has 2 atom stereocenters. The molecule has 1 fully saturated rings. The van der Waals surface area contributed by atoms with E-state index in [4.69, 9.17) is 18.9 Å². The zero-order chi connectivity index (χ0) is 29.6. The van der Waals surface area contributed by atoms with Crippen molar-refractivity contribution in [3.63, 3.8) is 0 Å². The zero-order valence-corrected chi connectivity index (χ0v) is 25.2. The lowest BCUT2D eigenvalue weighted by molar-refractivity contribution is -0.0499. The fourth-order valence-corrected chi connectivity index (χ4v) is 7.40. The molecule has 43 heavy (non-hydrogen) atoms. The van der Waals surface area contributed by atoms with Gasteiger partial charge in [0.05, 0.1) is 31.4 Å². The second-order valence-electron chi connectivity index (χ2n) is 12.2. The Morgan fingerprint density at radius 1 is 1.00 bits per heavy atom. The number of aromatic nitrogens is 2. The number of carbonyl (C=O) groups excluding carboxylic acids is 1. The molecule has 0 saturated heterocycles. The predicted octanol–water partition coefficient (Wildman–Crippen LogP) is 8.55. The van der Waals surface area contributed by atoms with Crippen molar-refractivity contribution in [2.75, 3.05) is 7.11 Å². The van der Waals surface area contributed by atoms with E-state index in [0.717, 1.165) is 77.0 Å². The number of oxazole rings is 1. The van der Waals surface area contributed by atoms with E-state index in [-0.39, 0.29) is 11.4 Å². The Kier molecular flexibility index (Phi) is 7.18. The highest BCUT2D eigenvalue weighted by atomic mass is 16.5. The van der Waals surface area contributed by atoms with E-state index < -0.39 is 0 Å². The molecular weight excluding hydrogens is 536 g/mol. The van der Waals surface area contributed by atoms with Gasteiger partial charge in [0.1, 0.15) is 17.2 Å². The van der Waals surface area contributed by atoms with Gasteiger partial charge in [0, 0.05) is 28.6 Å². The second kappa shape index (κ2) is 11.2. The van der Waals surface area contributed by atoms with E-state index in [2.05, 4.69) is 47.9 Å². The maximum Gasteiger partial charge on any atom is 0.230 e. The van der Waals surface area contributed by atoms with Gasteiger partial charge in [-0.2, -0.15) is 0 Å². The van der Waals surface area contributed by atoms with Gasteiger partial charge in [-0.3, -0.25) is 4.79 Å². The van der Waals surface area contributed by atoms with Gasteiger partial charge in [-0.25, -0.2) is 4.98 Å². The van der Waals surface area contributed by atoms with Crippen LogP contribution in [-0.4, -0.2) is 22.4 Å². The number of aryl methyl sites for hydroxylation is 1. The molecule has 5 aromatic rings. The minimum Gasteiger partial charge on any atom is -0.496 e. The summed E-state index contributed by atoms with van der Waals surface area (Å²) in [6, 6.07) is 24.6. The molecule has 6 nitrogen and oxygen atoms in total. The number of hydrogen-bond acceptors (Lipinski definition) is 5. The van der Waals surface area contributed by atoms with Crippen molar-refractivity contribution in [1.82, 2.24) is 9.55 Å². The van der Waals surface area contributed by atoms with Crippen LogP contribution < -0.4 is 4.74 Å². The summed E-state index contributed by atoms with van der Waals surface area (Å²) in [4.78, 5) is 18.9. The summed E-state index contributed by atoms with van der Waals surface area (Å²) in [5.74, 6) is 2.60. The lowest BCUT2D eigenvalue weighted by atomic mass is 9.85. The Balaban J connectivity index is 1.14. The molecule has 0 radical (unpaired) electrons. The number of methoxy groups -OCH3 is 1. The number of Topliss-reactive ketones (excluding diaryl/α,β-unsaturated/α-hetero) is 1. The lowest BCUT2D eigenvalue weighted by Crippen LogP contribution is -2.24. The van der Waals surface area contributed by atoms with Gasteiger partial charge in [0.25, 0.3) is 0 Å². The maximum absolute atomic E-state index is 14.1. The van der Waals surface area contributed by atoms with E-state index in [1.165, 1.54) is 11.1 Å². The van der Waals surface area contributed by atoms with Crippen LogP contribution in [-0.2, 0) is 23.5 Å². The minimum absolute atomic E-state index is 0.182. The topological polar surface area (TPSA) is 66.5 Å². The monoisotopic (exact) mass is 574 g/mol. The van der Waals surface area contributed by atoms with Crippen molar-refractivity contribution in [1.29, 1.82) is 0 Å². The van der Waals surface area contributed by atoms with Crippen LogP contribution in [0.1, 0.15) is 77.2 Å². The molecule has 1 spiro atoms. The summed E-state index contributed by atoms with van der Waals surface area (Å²) in [6.07, 6.45) is 5.70. The summed E-state index contributed by atoms with van der Waals surface area (Å²) in [5, 5.41) is 1.01. The molecule has 1 saturated carbocycles. The van der Waals surface area contributed by atoms with E-state index in [0.29, 0.717) is 31.4 Å². The molecule has 1 aliphatic carbocycles. The van der Waals surface area contributed by atoms with Crippen molar-refractivity contribution < 1.29 is 18.7 Å². The SMILES string of the molecule is COc1ccccc1-c1nc(Cn2c(C)c(C(=O)CC3CCCC4(CC3)OCc3ccccc34)c3ccccc32)c(C)o1. The smallest absolute Gasteiger partial charge is 0.230 e. The molecule has 2 aromatic heterocycles. The summed E-state index contributed by atoms with van der Waals surface area (Å²) >= 11 is 0. The number of ether oxygens (including phenoxy) is 2. The predicted molar refractivity (Wildman–Crippen MR) is 167 cm³/mol. The van der Waals surface area contributed by atoms with Gasteiger partial charge in [-0.05, 0) is 81.2 Å². The highest BCUT2D eigenvalue weighted by Gasteiger charge is 2.41. The number of nitrogens with zero attached hydrogens (tertiary/aromatic N) is 2. The molecule has 0 bridgehead atoms. The third-order valence-electron chi connectivity index (χ3n) is 9.68. The van der Waals surface area contributed by atoms with Crippen LogP contribution in [0.3, 0.4) is 0 Å². The molecule has 7 rings (SSSR count). The second-order valence-corrected chi connectivity index (χ2v) is 12.2. The third-order valence-corrected chi connectivity index (χ3v) is 9.68. The Bertz CT molecular complexity index is 1810. The van der Waals surface area contributed by atoms with Crippen molar-refractivity contribution in [2.45, 2.75) is 71.1 Å². The number of ketones is 1. The number of hydrogen-bond donors (Lipinski definition) is 0. The molecule has 3 heterocycles. The summed E-state index contributed by atoms with van der Waals surface area (Å²) < 4.78 is 20.3. The first-order valence-corrected chi connectivity index (χ1v) is 15.4. The first-order chi connectivity index (χ1) is 21.0. The van der Waals surface area contributed by atoms with Crippen molar-refractivity contribution in [3.8, 4) is 17.2 Å². The average Bonchev–Trinajstić information content (AvgIpc) is 3.61. The Hall–Kier alpha value is -4.16. The van der Waals surface area contributed by atoms with E-state index >= 15 is 0 Å². The van der Waals surface area contributed by atoms with Gasteiger partial charge < -0.3 is 18.5 Å². The van der Waals surface area contributed by atoms with Gasteiger partial charge in [0.2, 0.25) is 5.89 Å². The van der Waals surface area contributed by atoms with E-state index in [9.17, 15) is 4.79 Å². The zero-order valence-electron chi connectivity index (χ0n) is 25.2. The number of para-hydroxylation sites is 2.